The summed E-state index contributed by atoms with van der Waals surface area (Å²) < 4.78 is 5.49. The lowest BCUT2D eigenvalue weighted by atomic mass is 10.2. The molecule has 2 heterocycles. The van der Waals surface area contributed by atoms with Gasteiger partial charge in [0.1, 0.15) is 11.5 Å². The number of nitrogens with zero attached hydrogens (tertiary/aromatic N) is 1. The zero-order valence-electron chi connectivity index (χ0n) is 12.1. The van der Waals surface area contributed by atoms with Crippen molar-refractivity contribution in [3.05, 3.63) is 65.8 Å². The molecule has 0 bridgehead atoms. The van der Waals surface area contributed by atoms with Crippen LogP contribution in [0.1, 0.15) is 22.6 Å². The number of hydrazone groups is 1. The van der Waals surface area contributed by atoms with Crippen LogP contribution in [0.5, 0.6) is 0 Å². The van der Waals surface area contributed by atoms with E-state index in [1.54, 1.807) is 6.21 Å². The van der Waals surface area contributed by atoms with Gasteiger partial charge in [0.2, 0.25) is 0 Å². The molecule has 2 N–H and O–H groups in total. The Bertz CT molecular complexity index is 824. The van der Waals surface area contributed by atoms with E-state index in [0.717, 1.165) is 39.2 Å². The maximum atomic E-state index is 5.49. The summed E-state index contributed by atoms with van der Waals surface area (Å²) in [6, 6.07) is 10.1. The number of benzene rings is 1. The Labute approximate surface area is 123 Å². The summed E-state index contributed by atoms with van der Waals surface area (Å²) in [6.45, 7) is 7.82. The third-order valence-electron chi connectivity index (χ3n) is 3.39. The minimum absolute atomic E-state index is 0.723. The van der Waals surface area contributed by atoms with Crippen molar-refractivity contribution in [1.82, 2.24) is 10.4 Å². The monoisotopic (exact) mass is 279 g/mol. The van der Waals surface area contributed by atoms with Crippen LogP contribution >= 0.6 is 0 Å². The standard InChI is InChI=1S/C17H17N3O/c1-11-8-16(13(3)21-11)12(2)20-19-10-14-9-18-17-7-5-4-6-15(14)17/h4-10,18,20H,2H2,1,3H3/b19-10-. The molecule has 106 valence electrons. The second kappa shape index (κ2) is 5.32. The van der Waals surface area contributed by atoms with Crippen LogP contribution < -0.4 is 5.43 Å². The average molecular weight is 279 g/mol. The Balaban J connectivity index is 1.75. The van der Waals surface area contributed by atoms with Crippen LogP contribution in [0.2, 0.25) is 0 Å². The summed E-state index contributed by atoms with van der Waals surface area (Å²) in [7, 11) is 0. The van der Waals surface area contributed by atoms with Gasteiger partial charge in [-0.05, 0) is 26.0 Å². The topological polar surface area (TPSA) is 53.3 Å². The molecule has 3 aromatic rings. The van der Waals surface area contributed by atoms with Crippen molar-refractivity contribution in [2.24, 2.45) is 5.10 Å². The minimum atomic E-state index is 0.723. The molecule has 0 saturated carbocycles. The zero-order chi connectivity index (χ0) is 14.8. The van der Waals surface area contributed by atoms with Crippen molar-refractivity contribution in [2.75, 3.05) is 0 Å². The van der Waals surface area contributed by atoms with E-state index >= 15 is 0 Å². The van der Waals surface area contributed by atoms with E-state index in [-0.39, 0.29) is 0 Å². The van der Waals surface area contributed by atoms with E-state index < -0.39 is 0 Å². The number of aryl methyl sites for hydroxylation is 2. The van der Waals surface area contributed by atoms with Crippen molar-refractivity contribution >= 4 is 22.8 Å². The molecule has 4 nitrogen and oxygen atoms in total. The third kappa shape index (κ3) is 2.60. The Kier molecular flexibility index (Phi) is 3.36. The van der Waals surface area contributed by atoms with E-state index in [9.17, 15) is 0 Å². The normalized spacial score (nSPS) is 11.3. The molecule has 0 aliphatic heterocycles. The first-order chi connectivity index (χ1) is 10.1. The molecule has 0 saturated heterocycles. The Morgan fingerprint density at radius 3 is 2.90 bits per heavy atom. The summed E-state index contributed by atoms with van der Waals surface area (Å²) in [4.78, 5) is 3.21. The Morgan fingerprint density at radius 2 is 2.14 bits per heavy atom. The number of nitrogens with one attached hydrogen (secondary N) is 2. The molecule has 0 aliphatic carbocycles. The van der Waals surface area contributed by atoms with Crippen molar-refractivity contribution < 1.29 is 4.42 Å². The number of furan rings is 1. The SMILES string of the molecule is C=C(N/N=C\c1c[nH]c2ccccc12)c1cc(C)oc1C. The quantitative estimate of drug-likeness (QED) is 0.561. The van der Waals surface area contributed by atoms with Gasteiger partial charge in [-0.2, -0.15) is 5.10 Å². The van der Waals surface area contributed by atoms with Crippen LogP contribution in [0.4, 0.5) is 0 Å². The molecule has 0 unspecified atom stereocenters. The van der Waals surface area contributed by atoms with Gasteiger partial charge >= 0.3 is 0 Å². The van der Waals surface area contributed by atoms with Crippen LogP contribution in [0, 0.1) is 13.8 Å². The number of H-pyrrole nitrogens is 1. The maximum Gasteiger partial charge on any atom is 0.110 e. The van der Waals surface area contributed by atoms with Gasteiger partial charge in [-0.25, -0.2) is 0 Å². The first-order valence-electron chi connectivity index (χ1n) is 6.76. The highest BCUT2D eigenvalue weighted by Crippen LogP contribution is 2.19. The highest BCUT2D eigenvalue weighted by molar-refractivity contribution is 5.98. The van der Waals surface area contributed by atoms with E-state index in [2.05, 4.69) is 28.2 Å². The van der Waals surface area contributed by atoms with E-state index in [4.69, 9.17) is 4.42 Å². The van der Waals surface area contributed by atoms with Gasteiger partial charge in [-0.1, -0.05) is 24.8 Å². The summed E-state index contributed by atoms with van der Waals surface area (Å²) >= 11 is 0. The zero-order valence-corrected chi connectivity index (χ0v) is 12.1. The molecular formula is C17H17N3O. The number of aromatic nitrogens is 1. The summed E-state index contributed by atoms with van der Waals surface area (Å²) in [6.07, 6.45) is 3.72. The fourth-order valence-corrected chi connectivity index (χ4v) is 2.37. The van der Waals surface area contributed by atoms with Crippen molar-refractivity contribution in [3.8, 4) is 0 Å². The number of fused-ring (bicyclic) bond motifs is 1. The number of hydrogen-bond donors (Lipinski definition) is 2. The molecule has 0 aliphatic rings. The van der Waals surface area contributed by atoms with Gasteiger partial charge in [0, 0.05) is 28.2 Å². The third-order valence-corrected chi connectivity index (χ3v) is 3.39. The second-order valence-electron chi connectivity index (χ2n) is 4.97. The molecule has 0 atom stereocenters. The van der Waals surface area contributed by atoms with Gasteiger partial charge in [-0.15, -0.1) is 0 Å². The largest absolute Gasteiger partial charge is 0.466 e. The first kappa shape index (κ1) is 13.2. The summed E-state index contributed by atoms with van der Waals surface area (Å²) in [5.74, 6) is 1.71. The van der Waals surface area contributed by atoms with E-state index in [0.29, 0.717) is 0 Å². The highest BCUT2D eigenvalue weighted by Gasteiger charge is 2.07. The number of para-hydroxylation sites is 1. The number of aromatic amines is 1. The molecule has 2 aromatic heterocycles. The van der Waals surface area contributed by atoms with E-state index in [1.165, 1.54) is 0 Å². The van der Waals surface area contributed by atoms with Gasteiger partial charge in [0.15, 0.2) is 0 Å². The molecule has 3 rings (SSSR count). The smallest absolute Gasteiger partial charge is 0.110 e. The van der Waals surface area contributed by atoms with Gasteiger partial charge in [0.05, 0.1) is 11.9 Å². The first-order valence-corrected chi connectivity index (χ1v) is 6.76. The van der Waals surface area contributed by atoms with Crippen molar-refractivity contribution in [1.29, 1.82) is 0 Å². The Morgan fingerprint density at radius 1 is 1.33 bits per heavy atom. The molecule has 0 spiro atoms. The molecule has 0 radical (unpaired) electrons. The summed E-state index contributed by atoms with van der Waals surface area (Å²) in [5.41, 5.74) is 6.76. The van der Waals surface area contributed by atoms with Gasteiger partial charge < -0.3 is 9.40 Å². The van der Waals surface area contributed by atoms with Crippen LogP contribution in [0.25, 0.3) is 16.6 Å². The fraction of sp³-hybridized carbons (Fsp3) is 0.118. The molecule has 0 fully saturated rings. The molecule has 1 aromatic carbocycles. The maximum absolute atomic E-state index is 5.49. The van der Waals surface area contributed by atoms with Crippen LogP contribution in [-0.2, 0) is 0 Å². The van der Waals surface area contributed by atoms with Crippen molar-refractivity contribution in [3.63, 3.8) is 0 Å². The average Bonchev–Trinajstić information content (AvgIpc) is 3.02. The lowest BCUT2D eigenvalue weighted by Gasteiger charge is -2.02. The summed E-state index contributed by atoms with van der Waals surface area (Å²) in [5, 5.41) is 5.40. The lowest BCUT2D eigenvalue weighted by molar-refractivity contribution is 0.503. The van der Waals surface area contributed by atoms with Crippen LogP contribution in [0.15, 0.2) is 52.6 Å². The molecule has 4 heteroatoms. The van der Waals surface area contributed by atoms with Gasteiger partial charge in [0.25, 0.3) is 0 Å². The number of rotatable bonds is 4. The van der Waals surface area contributed by atoms with E-state index in [1.807, 2.05) is 44.3 Å². The van der Waals surface area contributed by atoms with Crippen LogP contribution in [0.3, 0.4) is 0 Å². The highest BCUT2D eigenvalue weighted by atomic mass is 16.3. The van der Waals surface area contributed by atoms with Crippen LogP contribution in [-0.4, -0.2) is 11.2 Å². The Hall–Kier alpha value is -2.75. The predicted octanol–water partition coefficient (Wildman–Crippen LogP) is 3.97. The lowest BCUT2D eigenvalue weighted by Crippen LogP contribution is -2.03. The number of hydrogen-bond acceptors (Lipinski definition) is 3. The molecular weight excluding hydrogens is 262 g/mol. The molecule has 0 amide bonds. The van der Waals surface area contributed by atoms with Crippen molar-refractivity contribution in [2.45, 2.75) is 13.8 Å². The predicted molar refractivity (Wildman–Crippen MR) is 86.2 cm³/mol. The van der Waals surface area contributed by atoms with Gasteiger partial charge in [-0.3, -0.25) is 5.43 Å². The second-order valence-corrected chi connectivity index (χ2v) is 4.97. The molecule has 21 heavy (non-hydrogen) atoms. The minimum Gasteiger partial charge on any atom is -0.466 e. The fourth-order valence-electron chi connectivity index (χ4n) is 2.37.